The molecule has 0 unspecified atom stereocenters. The number of rotatable bonds is 10. The Morgan fingerprint density at radius 3 is 2.06 bits per heavy atom. The molecular formula is C14H30N2O2. The number of hydrogen-bond acceptors (Lipinski definition) is 4. The van der Waals surface area contributed by atoms with Crippen molar-refractivity contribution in [3.8, 4) is 0 Å². The van der Waals surface area contributed by atoms with E-state index < -0.39 is 0 Å². The van der Waals surface area contributed by atoms with E-state index >= 15 is 0 Å². The highest BCUT2D eigenvalue weighted by Gasteiger charge is 2.12. The van der Waals surface area contributed by atoms with Crippen LogP contribution in [0.2, 0.25) is 0 Å². The topological polar surface area (TPSA) is 55.7 Å². The van der Waals surface area contributed by atoms with Crippen molar-refractivity contribution in [3.63, 3.8) is 0 Å². The lowest BCUT2D eigenvalue weighted by Gasteiger charge is -2.26. The Balaban J connectivity index is 2.10. The summed E-state index contributed by atoms with van der Waals surface area (Å²) in [4.78, 5) is 2.34. The number of aliphatic hydroxyl groups excluding tert-OH is 2. The summed E-state index contributed by atoms with van der Waals surface area (Å²) in [5.41, 5.74) is 0. The molecule has 1 saturated carbocycles. The molecule has 0 aliphatic heterocycles. The maximum absolute atomic E-state index is 8.88. The predicted octanol–water partition coefficient (Wildman–Crippen LogP) is 0.975. The molecule has 0 spiro atoms. The summed E-state index contributed by atoms with van der Waals surface area (Å²) >= 11 is 0. The molecule has 0 saturated heterocycles. The second-order valence-corrected chi connectivity index (χ2v) is 5.29. The van der Waals surface area contributed by atoms with E-state index in [9.17, 15) is 0 Å². The van der Waals surface area contributed by atoms with Crippen molar-refractivity contribution in [2.75, 3.05) is 39.4 Å². The van der Waals surface area contributed by atoms with Gasteiger partial charge in [-0.3, -0.25) is 0 Å². The quantitative estimate of drug-likeness (QED) is 0.547. The SMILES string of the molecule is OCCCN(CCCO)CCNC1CCCCC1. The van der Waals surface area contributed by atoms with E-state index in [1.807, 2.05) is 0 Å². The van der Waals surface area contributed by atoms with Crippen molar-refractivity contribution in [2.24, 2.45) is 0 Å². The van der Waals surface area contributed by atoms with Crippen molar-refractivity contribution < 1.29 is 10.2 Å². The Hall–Kier alpha value is -0.160. The van der Waals surface area contributed by atoms with Crippen molar-refractivity contribution in [1.82, 2.24) is 10.2 Å². The largest absolute Gasteiger partial charge is 0.396 e. The van der Waals surface area contributed by atoms with Gasteiger partial charge in [-0.2, -0.15) is 0 Å². The molecule has 108 valence electrons. The van der Waals surface area contributed by atoms with Crippen LogP contribution in [0.1, 0.15) is 44.9 Å². The second-order valence-electron chi connectivity index (χ2n) is 5.29. The zero-order valence-corrected chi connectivity index (χ0v) is 11.6. The molecule has 0 aromatic rings. The summed E-state index contributed by atoms with van der Waals surface area (Å²) in [6.07, 6.45) is 8.45. The Kier molecular flexibility index (Phi) is 9.48. The van der Waals surface area contributed by atoms with Gasteiger partial charge in [-0.15, -0.1) is 0 Å². The second kappa shape index (κ2) is 10.7. The molecule has 1 aliphatic carbocycles. The van der Waals surface area contributed by atoms with Crippen LogP contribution in [0, 0.1) is 0 Å². The molecule has 0 aromatic carbocycles. The van der Waals surface area contributed by atoms with Crippen LogP contribution in [0.3, 0.4) is 0 Å². The van der Waals surface area contributed by atoms with Gasteiger partial charge in [0.1, 0.15) is 0 Å². The van der Waals surface area contributed by atoms with Gasteiger partial charge in [-0.05, 0) is 25.7 Å². The molecule has 0 bridgehead atoms. The fourth-order valence-corrected chi connectivity index (χ4v) is 2.66. The number of nitrogens with zero attached hydrogens (tertiary/aromatic N) is 1. The van der Waals surface area contributed by atoms with Crippen LogP contribution in [0.15, 0.2) is 0 Å². The first kappa shape index (κ1) is 15.9. The number of aliphatic hydroxyl groups is 2. The molecular weight excluding hydrogens is 228 g/mol. The van der Waals surface area contributed by atoms with Gasteiger partial charge < -0.3 is 20.4 Å². The normalized spacial score (nSPS) is 17.5. The first-order valence-corrected chi connectivity index (χ1v) is 7.54. The van der Waals surface area contributed by atoms with Crippen LogP contribution in [0.4, 0.5) is 0 Å². The lowest BCUT2D eigenvalue weighted by Crippen LogP contribution is -2.39. The van der Waals surface area contributed by atoms with Gasteiger partial charge >= 0.3 is 0 Å². The molecule has 18 heavy (non-hydrogen) atoms. The van der Waals surface area contributed by atoms with Crippen molar-refractivity contribution in [3.05, 3.63) is 0 Å². The fraction of sp³-hybridized carbons (Fsp3) is 1.00. The molecule has 0 atom stereocenters. The van der Waals surface area contributed by atoms with E-state index in [0.29, 0.717) is 0 Å². The highest BCUT2D eigenvalue weighted by atomic mass is 16.3. The average molecular weight is 258 g/mol. The van der Waals surface area contributed by atoms with Crippen molar-refractivity contribution in [1.29, 1.82) is 0 Å². The highest BCUT2D eigenvalue weighted by Crippen LogP contribution is 2.16. The molecule has 1 fully saturated rings. The minimum atomic E-state index is 0.256. The van der Waals surface area contributed by atoms with E-state index in [-0.39, 0.29) is 13.2 Å². The van der Waals surface area contributed by atoms with Crippen LogP contribution < -0.4 is 5.32 Å². The first-order valence-electron chi connectivity index (χ1n) is 7.54. The molecule has 4 heteroatoms. The maximum atomic E-state index is 8.88. The lowest BCUT2D eigenvalue weighted by molar-refractivity contribution is 0.199. The van der Waals surface area contributed by atoms with Gasteiger partial charge in [0.05, 0.1) is 0 Å². The summed E-state index contributed by atoms with van der Waals surface area (Å²) in [6.45, 7) is 4.43. The van der Waals surface area contributed by atoms with Gasteiger partial charge in [0.2, 0.25) is 0 Å². The van der Waals surface area contributed by atoms with Gasteiger partial charge in [-0.25, -0.2) is 0 Å². The van der Waals surface area contributed by atoms with E-state index in [4.69, 9.17) is 10.2 Å². The van der Waals surface area contributed by atoms with Crippen LogP contribution >= 0.6 is 0 Å². The third-order valence-electron chi connectivity index (χ3n) is 3.73. The molecule has 4 nitrogen and oxygen atoms in total. The minimum Gasteiger partial charge on any atom is -0.396 e. The monoisotopic (exact) mass is 258 g/mol. The lowest BCUT2D eigenvalue weighted by atomic mass is 9.95. The standard InChI is InChI=1S/C14H30N2O2/c17-12-4-9-16(10-5-13-18)11-8-15-14-6-2-1-3-7-14/h14-15,17-18H,1-13H2. The zero-order chi connectivity index (χ0) is 13.1. The first-order chi connectivity index (χ1) is 8.86. The summed E-state index contributed by atoms with van der Waals surface area (Å²) in [6, 6.07) is 0.719. The average Bonchev–Trinajstić information content (AvgIpc) is 2.42. The molecule has 0 radical (unpaired) electrons. The molecule has 0 heterocycles. The Morgan fingerprint density at radius 2 is 1.50 bits per heavy atom. The Labute approximate surface area is 111 Å². The highest BCUT2D eigenvalue weighted by molar-refractivity contribution is 4.72. The smallest absolute Gasteiger partial charge is 0.0443 e. The van der Waals surface area contributed by atoms with Gasteiger partial charge in [0, 0.05) is 45.4 Å². The minimum absolute atomic E-state index is 0.256. The third kappa shape index (κ3) is 7.31. The predicted molar refractivity (Wildman–Crippen MR) is 74.7 cm³/mol. The van der Waals surface area contributed by atoms with Gasteiger partial charge in [-0.1, -0.05) is 19.3 Å². The van der Waals surface area contributed by atoms with E-state index in [1.165, 1.54) is 32.1 Å². The van der Waals surface area contributed by atoms with Crippen LogP contribution in [0.25, 0.3) is 0 Å². The molecule has 3 N–H and O–H groups in total. The van der Waals surface area contributed by atoms with E-state index in [2.05, 4.69) is 10.2 Å². The molecule has 1 rings (SSSR count). The Morgan fingerprint density at radius 1 is 0.889 bits per heavy atom. The van der Waals surface area contributed by atoms with E-state index in [0.717, 1.165) is 45.1 Å². The molecule has 0 amide bonds. The van der Waals surface area contributed by atoms with Gasteiger partial charge in [0.25, 0.3) is 0 Å². The Bertz CT molecular complexity index is 177. The van der Waals surface area contributed by atoms with Crippen molar-refractivity contribution in [2.45, 2.75) is 51.0 Å². The van der Waals surface area contributed by atoms with Crippen LogP contribution in [-0.4, -0.2) is 60.5 Å². The number of hydrogen-bond donors (Lipinski definition) is 3. The fourth-order valence-electron chi connectivity index (χ4n) is 2.66. The van der Waals surface area contributed by atoms with E-state index in [1.54, 1.807) is 0 Å². The van der Waals surface area contributed by atoms with Gasteiger partial charge in [0.15, 0.2) is 0 Å². The molecule has 1 aliphatic rings. The summed E-state index contributed by atoms with van der Waals surface area (Å²) < 4.78 is 0. The summed E-state index contributed by atoms with van der Waals surface area (Å²) in [7, 11) is 0. The number of nitrogens with one attached hydrogen (secondary N) is 1. The van der Waals surface area contributed by atoms with Crippen LogP contribution in [-0.2, 0) is 0 Å². The summed E-state index contributed by atoms with van der Waals surface area (Å²) in [5.74, 6) is 0. The zero-order valence-electron chi connectivity index (χ0n) is 11.6. The summed E-state index contributed by atoms with van der Waals surface area (Å²) in [5, 5.41) is 21.4. The van der Waals surface area contributed by atoms with Crippen molar-refractivity contribution >= 4 is 0 Å². The maximum Gasteiger partial charge on any atom is 0.0443 e. The van der Waals surface area contributed by atoms with Crippen LogP contribution in [0.5, 0.6) is 0 Å². The third-order valence-corrected chi connectivity index (χ3v) is 3.73. The molecule has 0 aromatic heterocycles.